The van der Waals surface area contributed by atoms with Crippen LogP contribution >= 0.6 is 11.3 Å². The zero-order chi connectivity index (χ0) is 26.4. The molecule has 1 aliphatic heterocycles. The molecule has 2 heterocycles. The lowest BCUT2D eigenvalue weighted by molar-refractivity contribution is -0.137. The molecule has 3 amide bonds. The molecule has 1 fully saturated rings. The molecule has 3 aromatic rings. The number of nitrogens with zero attached hydrogens (tertiary/aromatic N) is 1. The summed E-state index contributed by atoms with van der Waals surface area (Å²) in [5.74, 6) is -0.643. The van der Waals surface area contributed by atoms with E-state index in [-0.39, 0.29) is 36.0 Å². The van der Waals surface area contributed by atoms with Crippen LogP contribution in [0.25, 0.3) is 0 Å². The number of carbonyl (C=O) groups excluding carboxylic acids is 3. The summed E-state index contributed by atoms with van der Waals surface area (Å²) < 4.78 is 0. The minimum absolute atomic E-state index is 0.0128. The molecule has 0 saturated carbocycles. The van der Waals surface area contributed by atoms with Gasteiger partial charge in [-0.15, -0.1) is 11.3 Å². The lowest BCUT2D eigenvalue weighted by Gasteiger charge is -2.24. The molecule has 0 aliphatic carbocycles. The highest BCUT2D eigenvalue weighted by atomic mass is 32.1. The van der Waals surface area contributed by atoms with Gasteiger partial charge in [-0.2, -0.15) is 0 Å². The molecule has 2 aromatic carbocycles. The summed E-state index contributed by atoms with van der Waals surface area (Å²) in [6.45, 7) is 2.74. The summed E-state index contributed by atoms with van der Waals surface area (Å²) in [6.07, 6.45) is 1.31. The van der Waals surface area contributed by atoms with E-state index in [1.807, 2.05) is 30.3 Å². The van der Waals surface area contributed by atoms with Gasteiger partial charge in [0.1, 0.15) is 11.9 Å². The Morgan fingerprint density at radius 3 is 2.43 bits per heavy atom. The lowest BCUT2D eigenvalue weighted by atomic mass is 9.92. The van der Waals surface area contributed by atoms with E-state index in [9.17, 15) is 14.4 Å². The smallest absolute Gasteiger partial charge is 0.251 e. The van der Waals surface area contributed by atoms with Crippen molar-refractivity contribution in [2.75, 3.05) is 13.1 Å². The number of hydrogen-bond donors (Lipinski definition) is 4. The molecule has 37 heavy (non-hydrogen) atoms. The Balaban J connectivity index is 1.28. The van der Waals surface area contributed by atoms with Gasteiger partial charge in [-0.1, -0.05) is 49.4 Å². The second kappa shape index (κ2) is 11.8. The van der Waals surface area contributed by atoms with Gasteiger partial charge >= 0.3 is 0 Å². The summed E-state index contributed by atoms with van der Waals surface area (Å²) in [5, 5.41) is 14.8. The minimum atomic E-state index is -0.560. The van der Waals surface area contributed by atoms with Crippen molar-refractivity contribution in [1.82, 2.24) is 15.5 Å². The third kappa shape index (κ3) is 6.42. The molecule has 1 aliphatic rings. The highest BCUT2D eigenvalue weighted by Gasteiger charge is 2.33. The number of thiophene rings is 1. The molecule has 9 heteroatoms. The van der Waals surface area contributed by atoms with E-state index in [1.54, 1.807) is 23.6 Å². The molecular weight excluding hydrogens is 486 g/mol. The van der Waals surface area contributed by atoms with Crippen molar-refractivity contribution in [1.29, 1.82) is 5.41 Å². The zero-order valence-electron chi connectivity index (χ0n) is 20.7. The summed E-state index contributed by atoms with van der Waals surface area (Å²) in [6, 6.07) is 18.8. The predicted molar refractivity (Wildman–Crippen MR) is 145 cm³/mol. The van der Waals surface area contributed by atoms with Crippen LogP contribution in [0.2, 0.25) is 0 Å². The number of amidine groups is 1. The number of rotatable bonds is 9. The molecule has 1 saturated heterocycles. The standard InChI is InChI=1S/C28H31N5O3S/c1-18(19-6-3-2-4-7-19)20-9-11-21(12-10-20)27(35)32-16-25(34)33-13-5-8-24(33)28(36)31-15-23-14-22(17-37-23)26(29)30/h2-4,6-7,9-12,14,17-18,24H,5,8,13,15-16H2,1H3,(H3,29,30)(H,31,36)(H,32,35)/t18?,24-/m0/s1. The molecule has 8 nitrogen and oxygen atoms in total. The van der Waals surface area contributed by atoms with E-state index < -0.39 is 6.04 Å². The van der Waals surface area contributed by atoms with E-state index in [0.717, 1.165) is 16.9 Å². The second-order valence-electron chi connectivity index (χ2n) is 9.12. The number of nitrogen functional groups attached to an aromatic ring is 1. The first-order chi connectivity index (χ1) is 17.8. The summed E-state index contributed by atoms with van der Waals surface area (Å²) in [4.78, 5) is 40.7. The summed E-state index contributed by atoms with van der Waals surface area (Å²) in [7, 11) is 0. The monoisotopic (exact) mass is 517 g/mol. The van der Waals surface area contributed by atoms with Gasteiger partial charge in [-0.3, -0.25) is 19.8 Å². The zero-order valence-corrected chi connectivity index (χ0v) is 21.5. The van der Waals surface area contributed by atoms with Crippen molar-refractivity contribution < 1.29 is 14.4 Å². The van der Waals surface area contributed by atoms with Crippen molar-refractivity contribution in [2.45, 2.75) is 38.3 Å². The molecule has 0 radical (unpaired) electrons. The quantitative estimate of drug-likeness (QED) is 0.257. The molecule has 192 valence electrons. The van der Waals surface area contributed by atoms with Gasteiger partial charge in [0.2, 0.25) is 11.8 Å². The number of amides is 3. The molecule has 0 bridgehead atoms. The third-order valence-electron chi connectivity index (χ3n) is 6.65. The average Bonchev–Trinajstić information content (AvgIpc) is 3.61. The number of nitrogens with two attached hydrogens (primary N) is 1. The first kappa shape index (κ1) is 26.1. The first-order valence-corrected chi connectivity index (χ1v) is 13.1. The van der Waals surface area contributed by atoms with Crippen LogP contribution < -0.4 is 16.4 Å². The Hall–Kier alpha value is -3.98. The first-order valence-electron chi connectivity index (χ1n) is 12.3. The van der Waals surface area contributed by atoms with Gasteiger partial charge in [-0.05, 0) is 42.2 Å². The number of benzene rings is 2. The third-order valence-corrected chi connectivity index (χ3v) is 7.59. The van der Waals surface area contributed by atoms with Crippen LogP contribution in [0, 0.1) is 5.41 Å². The number of carbonyl (C=O) groups is 3. The molecule has 1 unspecified atom stereocenters. The Bertz CT molecular complexity index is 1270. The van der Waals surface area contributed by atoms with E-state index in [1.165, 1.54) is 21.8 Å². The fourth-order valence-electron chi connectivity index (χ4n) is 4.46. The maximum absolute atomic E-state index is 12.8. The van der Waals surface area contributed by atoms with Crippen LogP contribution in [-0.4, -0.2) is 47.6 Å². The van der Waals surface area contributed by atoms with Crippen LogP contribution in [0.3, 0.4) is 0 Å². The van der Waals surface area contributed by atoms with Crippen molar-refractivity contribution in [2.24, 2.45) is 5.73 Å². The van der Waals surface area contributed by atoms with Crippen molar-refractivity contribution in [3.05, 3.63) is 93.2 Å². The van der Waals surface area contributed by atoms with E-state index in [0.29, 0.717) is 30.6 Å². The molecule has 2 atom stereocenters. The fourth-order valence-corrected chi connectivity index (χ4v) is 5.29. The Morgan fingerprint density at radius 1 is 1.05 bits per heavy atom. The second-order valence-corrected chi connectivity index (χ2v) is 10.1. The van der Waals surface area contributed by atoms with E-state index in [2.05, 4.69) is 29.7 Å². The summed E-state index contributed by atoms with van der Waals surface area (Å²) >= 11 is 1.42. The van der Waals surface area contributed by atoms with Gasteiger partial charge in [0.15, 0.2) is 0 Å². The van der Waals surface area contributed by atoms with Crippen LogP contribution in [0.4, 0.5) is 0 Å². The normalized spacial score (nSPS) is 15.7. The van der Waals surface area contributed by atoms with Crippen molar-refractivity contribution >= 4 is 34.9 Å². The predicted octanol–water partition coefficient (Wildman–Crippen LogP) is 3.22. The van der Waals surface area contributed by atoms with E-state index in [4.69, 9.17) is 11.1 Å². The van der Waals surface area contributed by atoms with Crippen LogP contribution in [0.5, 0.6) is 0 Å². The Labute approximate surface area is 220 Å². The maximum Gasteiger partial charge on any atom is 0.251 e. The van der Waals surface area contributed by atoms with Gasteiger partial charge in [0, 0.05) is 33.8 Å². The van der Waals surface area contributed by atoms with Gasteiger partial charge in [0.25, 0.3) is 5.91 Å². The maximum atomic E-state index is 12.8. The molecule has 0 spiro atoms. The topological polar surface area (TPSA) is 128 Å². The van der Waals surface area contributed by atoms with Crippen molar-refractivity contribution in [3.63, 3.8) is 0 Å². The number of hydrogen-bond acceptors (Lipinski definition) is 5. The largest absolute Gasteiger partial charge is 0.384 e. The van der Waals surface area contributed by atoms with Gasteiger partial charge in [-0.25, -0.2) is 0 Å². The SMILES string of the molecule is CC(c1ccccc1)c1ccc(C(=O)NCC(=O)N2CCC[C@H]2C(=O)NCc2cc(C(=N)N)cs2)cc1. The lowest BCUT2D eigenvalue weighted by Crippen LogP contribution is -2.48. The van der Waals surface area contributed by atoms with Crippen LogP contribution in [0.1, 0.15) is 57.6 Å². The highest BCUT2D eigenvalue weighted by molar-refractivity contribution is 7.10. The molecular formula is C28H31N5O3S. The van der Waals surface area contributed by atoms with E-state index >= 15 is 0 Å². The van der Waals surface area contributed by atoms with Gasteiger partial charge in [0.05, 0.1) is 13.1 Å². The number of likely N-dealkylation sites (tertiary alicyclic amines) is 1. The Kier molecular flexibility index (Phi) is 8.35. The fraction of sp³-hybridized carbons (Fsp3) is 0.286. The van der Waals surface area contributed by atoms with Crippen LogP contribution in [-0.2, 0) is 16.1 Å². The average molecular weight is 518 g/mol. The van der Waals surface area contributed by atoms with Crippen molar-refractivity contribution in [3.8, 4) is 0 Å². The molecule has 1 aromatic heterocycles. The summed E-state index contributed by atoms with van der Waals surface area (Å²) in [5.41, 5.74) is 8.90. The van der Waals surface area contributed by atoms with Gasteiger partial charge < -0.3 is 21.3 Å². The number of nitrogens with one attached hydrogen (secondary N) is 3. The molecule has 5 N–H and O–H groups in total. The highest BCUT2D eigenvalue weighted by Crippen LogP contribution is 2.24. The molecule has 4 rings (SSSR count). The minimum Gasteiger partial charge on any atom is -0.384 e. The Morgan fingerprint density at radius 2 is 1.76 bits per heavy atom. The van der Waals surface area contributed by atoms with Crippen LogP contribution in [0.15, 0.2) is 66.0 Å².